The van der Waals surface area contributed by atoms with E-state index in [0.29, 0.717) is 17.2 Å². The van der Waals surface area contributed by atoms with Crippen LogP contribution in [0.5, 0.6) is 0 Å². The van der Waals surface area contributed by atoms with Crippen LogP contribution in [0, 0.1) is 11.8 Å². The molecule has 3 aliphatic rings. The van der Waals surface area contributed by atoms with E-state index in [9.17, 15) is 14.4 Å². The molecule has 2 aliphatic heterocycles. The lowest BCUT2D eigenvalue weighted by Crippen LogP contribution is -2.51. The van der Waals surface area contributed by atoms with Gasteiger partial charge in [0.1, 0.15) is 0 Å². The number of amides is 2. The van der Waals surface area contributed by atoms with Gasteiger partial charge in [0.2, 0.25) is 5.91 Å². The zero-order valence-electron chi connectivity index (χ0n) is 14.7. The Morgan fingerprint density at radius 1 is 1.19 bits per heavy atom. The molecule has 138 valence electrons. The second-order valence-electron chi connectivity index (χ2n) is 6.57. The fraction of sp³-hybridized carbons (Fsp3) is 0.421. The number of methoxy groups -OCH3 is 1. The maximum atomic E-state index is 12.5. The molecule has 2 amide bonds. The van der Waals surface area contributed by atoms with Gasteiger partial charge in [0, 0.05) is 30.4 Å². The van der Waals surface area contributed by atoms with Gasteiger partial charge in [-0.05, 0) is 36.6 Å². The van der Waals surface area contributed by atoms with Gasteiger partial charge < -0.3 is 20.7 Å². The van der Waals surface area contributed by atoms with Crippen molar-refractivity contribution in [2.24, 2.45) is 11.8 Å². The van der Waals surface area contributed by atoms with Gasteiger partial charge in [0.25, 0.3) is 5.91 Å². The zero-order chi connectivity index (χ0) is 18.5. The highest BCUT2D eigenvalue weighted by atomic mass is 16.5. The van der Waals surface area contributed by atoms with E-state index in [1.807, 2.05) is 0 Å². The number of benzene rings is 1. The number of nitrogens with one attached hydrogen (secondary N) is 3. The van der Waals surface area contributed by atoms with Crippen molar-refractivity contribution in [3.63, 3.8) is 0 Å². The highest BCUT2D eigenvalue weighted by molar-refractivity contribution is 5.96. The number of ether oxygens (including phenoxy) is 1. The van der Waals surface area contributed by atoms with Crippen molar-refractivity contribution in [2.45, 2.75) is 18.9 Å². The SMILES string of the molecule is COC(=O)CCNC(=O)c1ccc(NC(=O)C2CC3C=CC2NC3)cc1. The summed E-state index contributed by atoms with van der Waals surface area (Å²) in [6.07, 6.45) is 5.24. The molecule has 3 N–H and O–H groups in total. The van der Waals surface area contributed by atoms with Crippen LogP contribution >= 0.6 is 0 Å². The second kappa shape index (κ2) is 8.14. The topological polar surface area (TPSA) is 96.5 Å². The largest absolute Gasteiger partial charge is 0.469 e. The Balaban J connectivity index is 1.51. The number of piperidine rings is 1. The molecule has 26 heavy (non-hydrogen) atoms. The summed E-state index contributed by atoms with van der Waals surface area (Å²) in [5.41, 5.74) is 1.13. The van der Waals surface area contributed by atoms with E-state index in [0.717, 1.165) is 13.0 Å². The third-order valence-electron chi connectivity index (χ3n) is 4.79. The Hall–Kier alpha value is -2.67. The van der Waals surface area contributed by atoms with Crippen LogP contribution in [0.15, 0.2) is 36.4 Å². The fourth-order valence-electron chi connectivity index (χ4n) is 3.30. The number of hydrogen-bond donors (Lipinski definition) is 3. The van der Waals surface area contributed by atoms with Crippen LogP contribution < -0.4 is 16.0 Å². The molecule has 0 radical (unpaired) electrons. The predicted octanol–water partition coefficient (Wildman–Crippen LogP) is 1.08. The molecule has 1 aromatic rings. The lowest BCUT2D eigenvalue weighted by molar-refractivity contribution is -0.140. The first-order valence-corrected chi connectivity index (χ1v) is 8.74. The summed E-state index contributed by atoms with van der Waals surface area (Å²) >= 11 is 0. The van der Waals surface area contributed by atoms with E-state index in [1.54, 1.807) is 24.3 Å². The van der Waals surface area contributed by atoms with Crippen molar-refractivity contribution in [3.05, 3.63) is 42.0 Å². The number of rotatable bonds is 6. The second-order valence-corrected chi connectivity index (χ2v) is 6.57. The highest BCUT2D eigenvalue weighted by Crippen LogP contribution is 2.29. The minimum atomic E-state index is -0.371. The maximum absolute atomic E-state index is 12.5. The Morgan fingerprint density at radius 3 is 2.54 bits per heavy atom. The van der Waals surface area contributed by atoms with Gasteiger partial charge in [-0.3, -0.25) is 14.4 Å². The third kappa shape index (κ3) is 4.29. The van der Waals surface area contributed by atoms with E-state index < -0.39 is 0 Å². The Morgan fingerprint density at radius 2 is 1.96 bits per heavy atom. The van der Waals surface area contributed by atoms with Gasteiger partial charge in [-0.2, -0.15) is 0 Å². The molecule has 3 unspecified atom stereocenters. The number of fused-ring (bicyclic) bond motifs is 2. The smallest absolute Gasteiger partial charge is 0.307 e. The monoisotopic (exact) mass is 357 g/mol. The molecule has 7 nitrogen and oxygen atoms in total. The van der Waals surface area contributed by atoms with Gasteiger partial charge in [-0.15, -0.1) is 0 Å². The quantitative estimate of drug-likeness (QED) is 0.523. The first-order valence-electron chi connectivity index (χ1n) is 8.74. The lowest BCUT2D eigenvalue weighted by Gasteiger charge is -2.37. The summed E-state index contributed by atoms with van der Waals surface area (Å²) in [4.78, 5) is 35.6. The van der Waals surface area contributed by atoms with Crippen molar-refractivity contribution < 1.29 is 19.1 Å². The predicted molar refractivity (Wildman–Crippen MR) is 96.6 cm³/mol. The summed E-state index contributed by atoms with van der Waals surface area (Å²) in [5.74, 6) is -0.298. The fourth-order valence-corrected chi connectivity index (χ4v) is 3.30. The molecular formula is C19H23N3O4. The molecular weight excluding hydrogens is 334 g/mol. The number of carbonyl (C=O) groups is 3. The Kier molecular flexibility index (Phi) is 5.68. The van der Waals surface area contributed by atoms with Crippen molar-refractivity contribution >= 4 is 23.5 Å². The minimum absolute atomic E-state index is 0.00757. The summed E-state index contributed by atoms with van der Waals surface area (Å²) in [7, 11) is 1.31. The van der Waals surface area contributed by atoms with Crippen LogP contribution in [0.3, 0.4) is 0 Å². The van der Waals surface area contributed by atoms with Crippen molar-refractivity contribution in [1.29, 1.82) is 0 Å². The van der Waals surface area contributed by atoms with Gasteiger partial charge in [0.15, 0.2) is 0 Å². The molecule has 1 fully saturated rings. The standard InChI is InChI=1S/C19H23N3O4/c1-26-17(23)8-9-20-18(24)13-3-5-14(6-4-13)22-19(25)15-10-12-2-7-16(15)21-11-12/h2-7,12,15-16,21H,8-11H2,1H3,(H,20,24)(H,22,25). The molecule has 2 bridgehead atoms. The van der Waals surface area contributed by atoms with Gasteiger partial charge in [-0.1, -0.05) is 12.2 Å². The van der Waals surface area contributed by atoms with E-state index in [1.165, 1.54) is 7.11 Å². The van der Waals surface area contributed by atoms with Crippen LogP contribution in [-0.4, -0.2) is 44.0 Å². The molecule has 0 saturated carbocycles. The first kappa shape index (κ1) is 18.1. The molecule has 1 aliphatic carbocycles. The molecule has 7 heteroatoms. The number of hydrogen-bond acceptors (Lipinski definition) is 5. The van der Waals surface area contributed by atoms with Crippen LogP contribution in [0.1, 0.15) is 23.2 Å². The molecule has 1 aromatic carbocycles. The van der Waals surface area contributed by atoms with Crippen molar-refractivity contribution in [1.82, 2.24) is 10.6 Å². The first-order chi connectivity index (χ1) is 12.6. The molecule has 1 saturated heterocycles. The minimum Gasteiger partial charge on any atom is -0.469 e. The van der Waals surface area contributed by atoms with Crippen LogP contribution in [-0.2, 0) is 14.3 Å². The summed E-state index contributed by atoms with van der Waals surface area (Å²) in [6, 6.07) is 6.80. The molecule has 3 atom stereocenters. The Bertz CT molecular complexity index is 714. The Labute approximate surface area is 152 Å². The lowest BCUT2D eigenvalue weighted by atomic mass is 9.78. The van der Waals surface area contributed by atoms with Crippen LogP contribution in [0.2, 0.25) is 0 Å². The average Bonchev–Trinajstić information content (AvgIpc) is 2.69. The summed E-state index contributed by atoms with van der Waals surface area (Å²) in [6.45, 7) is 1.15. The molecule has 0 aromatic heterocycles. The molecule has 0 spiro atoms. The number of anilines is 1. The normalized spacial score (nSPS) is 23.3. The maximum Gasteiger partial charge on any atom is 0.307 e. The van der Waals surface area contributed by atoms with Gasteiger partial charge in [0.05, 0.1) is 19.4 Å². The zero-order valence-corrected chi connectivity index (χ0v) is 14.7. The van der Waals surface area contributed by atoms with Gasteiger partial charge in [-0.25, -0.2) is 0 Å². The van der Waals surface area contributed by atoms with Gasteiger partial charge >= 0.3 is 5.97 Å². The number of carbonyl (C=O) groups excluding carboxylic acids is 3. The molecule has 2 heterocycles. The van der Waals surface area contributed by atoms with E-state index in [4.69, 9.17) is 0 Å². The van der Waals surface area contributed by atoms with E-state index in [-0.39, 0.29) is 42.7 Å². The van der Waals surface area contributed by atoms with Crippen LogP contribution in [0.4, 0.5) is 5.69 Å². The number of esters is 1. The summed E-state index contributed by atoms with van der Waals surface area (Å²) in [5, 5.41) is 8.93. The average molecular weight is 357 g/mol. The third-order valence-corrected chi connectivity index (χ3v) is 4.79. The summed E-state index contributed by atoms with van der Waals surface area (Å²) < 4.78 is 4.52. The van der Waals surface area contributed by atoms with Crippen LogP contribution in [0.25, 0.3) is 0 Å². The van der Waals surface area contributed by atoms with Crippen molar-refractivity contribution in [2.75, 3.05) is 25.5 Å². The van der Waals surface area contributed by atoms with E-state index in [2.05, 4.69) is 32.8 Å². The molecule has 4 rings (SSSR count). The van der Waals surface area contributed by atoms with Crippen molar-refractivity contribution in [3.8, 4) is 0 Å². The van der Waals surface area contributed by atoms with E-state index >= 15 is 0 Å². The highest BCUT2D eigenvalue weighted by Gasteiger charge is 2.36.